The Balaban J connectivity index is 2.19. The molecule has 0 aliphatic carbocycles. The molecule has 1 N–H and O–H groups in total. The first-order valence-electron chi connectivity index (χ1n) is 5.81. The minimum absolute atomic E-state index is 0.428. The molecule has 0 atom stereocenters. The van der Waals surface area contributed by atoms with Crippen LogP contribution in [0.4, 0.5) is 5.82 Å². The standard InChI is InChI=1S/C13H15BrClN3O/c1-8-10(13(16-2)18(3)17-8)7-19-12-5-4-9(14)6-11(12)15/h4-6,16H,7H2,1-3H3. The van der Waals surface area contributed by atoms with E-state index in [1.54, 1.807) is 4.68 Å². The monoisotopic (exact) mass is 343 g/mol. The summed E-state index contributed by atoms with van der Waals surface area (Å²) in [6.45, 7) is 2.39. The molecule has 1 heterocycles. The molecule has 4 nitrogen and oxygen atoms in total. The predicted octanol–water partition coefficient (Wildman–Crippen LogP) is 3.77. The van der Waals surface area contributed by atoms with Crippen LogP contribution in [0.5, 0.6) is 5.75 Å². The van der Waals surface area contributed by atoms with Gasteiger partial charge < -0.3 is 10.1 Å². The van der Waals surface area contributed by atoms with E-state index in [1.165, 1.54) is 0 Å². The van der Waals surface area contributed by atoms with Crippen LogP contribution in [-0.2, 0) is 13.7 Å². The average molecular weight is 345 g/mol. The van der Waals surface area contributed by atoms with Crippen molar-refractivity contribution >= 4 is 33.3 Å². The molecule has 2 rings (SSSR count). The Morgan fingerprint density at radius 1 is 1.47 bits per heavy atom. The van der Waals surface area contributed by atoms with Gasteiger partial charge in [0.05, 0.1) is 16.3 Å². The Labute approximate surface area is 125 Å². The number of hydrogen-bond donors (Lipinski definition) is 1. The van der Waals surface area contributed by atoms with Gasteiger partial charge in [-0.15, -0.1) is 0 Å². The molecule has 0 bridgehead atoms. The van der Waals surface area contributed by atoms with Gasteiger partial charge in [0.1, 0.15) is 18.2 Å². The van der Waals surface area contributed by atoms with Crippen molar-refractivity contribution in [2.24, 2.45) is 7.05 Å². The van der Waals surface area contributed by atoms with Crippen LogP contribution >= 0.6 is 27.5 Å². The van der Waals surface area contributed by atoms with Crippen LogP contribution in [0, 0.1) is 6.92 Å². The maximum absolute atomic E-state index is 6.12. The Morgan fingerprint density at radius 2 is 2.21 bits per heavy atom. The lowest BCUT2D eigenvalue weighted by Gasteiger charge is -2.10. The van der Waals surface area contributed by atoms with Crippen LogP contribution in [-0.4, -0.2) is 16.8 Å². The Morgan fingerprint density at radius 3 is 2.84 bits per heavy atom. The number of hydrogen-bond acceptors (Lipinski definition) is 3. The van der Waals surface area contributed by atoms with Gasteiger partial charge in [-0.25, -0.2) is 0 Å². The normalized spacial score (nSPS) is 10.6. The first kappa shape index (κ1) is 14.2. The van der Waals surface area contributed by atoms with Gasteiger partial charge in [0, 0.05) is 18.6 Å². The molecular weight excluding hydrogens is 330 g/mol. The lowest BCUT2D eigenvalue weighted by Crippen LogP contribution is -2.03. The zero-order valence-electron chi connectivity index (χ0n) is 11.0. The smallest absolute Gasteiger partial charge is 0.138 e. The highest BCUT2D eigenvalue weighted by Crippen LogP contribution is 2.29. The van der Waals surface area contributed by atoms with E-state index in [0.29, 0.717) is 17.4 Å². The van der Waals surface area contributed by atoms with Crippen molar-refractivity contribution in [2.75, 3.05) is 12.4 Å². The molecular formula is C13H15BrClN3O. The number of nitrogens with one attached hydrogen (secondary N) is 1. The predicted molar refractivity (Wildman–Crippen MR) is 81.0 cm³/mol. The second-order valence-corrected chi connectivity index (χ2v) is 5.47. The van der Waals surface area contributed by atoms with Crippen LogP contribution in [0.2, 0.25) is 5.02 Å². The quantitative estimate of drug-likeness (QED) is 0.918. The average Bonchev–Trinajstić information content (AvgIpc) is 2.62. The lowest BCUT2D eigenvalue weighted by molar-refractivity contribution is 0.306. The summed E-state index contributed by atoms with van der Waals surface area (Å²) in [6, 6.07) is 5.55. The maximum Gasteiger partial charge on any atom is 0.138 e. The van der Waals surface area contributed by atoms with Crippen molar-refractivity contribution < 1.29 is 4.74 Å². The van der Waals surface area contributed by atoms with Gasteiger partial charge >= 0.3 is 0 Å². The number of rotatable bonds is 4. The number of benzene rings is 1. The van der Waals surface area contributed by atoms with E-state index >= 15 is 0 Å². The fraction of sp³-hybridized carbons (Fsp3) is 0.308. The molecule has 0 amide bonds. The number of aromatic nitrogens is 2. The van der Waals surface area contributed by atoms with Crippen LogP contribution in [0.1, 0.15) is 11.3 Å². The second-order valence-electron chi connectivity index (χ2n) is 4.15. The molecule has 2 aromatic rings. The summed E-state index contributed by atoms with van der Waals surface area (Å²) in [4.78, 5) is 0. The highest BCUT2D eigenvalue weighted by atomic mass is 79.9. The number of halogens is 2. The van der Waals surface area contributed by atoms with Crippen LogP contribution in [0.15, 0.2) is 22.7 Å². The molecule has 0 aliphatic heterocycles. The van der Waals surface area contributed by atoms with Gasteiger partial charge in [-0.05, 0) is 25.1 Å². The van der Waals surface area contributed by atoms with E-state index in [0.717, 1.165) is 21.5 Å². The summed E-state index contributed by atoms with van der Waals surface area (Å²) in [6.07, 6.45) is 0. The number of ether oxygens (including phenoxy) is 1. The van der Waals surface area contributed by atoms with Crippen LogP contribution in [0.25, 0.3) is 0 Å². The first-order chi connectivity index (χ1) is 9.02. The molecule has 0 saturated carbocycles. The summed E-state index contributed by atoms with van der Waals surface area (Å²) in [5.41, 5.74) is 1.98. The zero-order valence-corrected chi connectivity index (χ0v) is 13.3. The van der Waals surface area contributed by atoms with Gasteiger partial charge in [0.25, 0.3) is 0 Å². The third-order valence-corrected chi connectivity index (χ3v) is 3.64. The molecule has 1 aromatic carbocycles. The molecule has 0 radical (unpaired) electrons. The molecule has 19 heavy (non-hydrogen) atoms. The van der Waals surface area contributed by atoms with Crippen molar-refractivity contribution in [3.8, 4) is 5.75 Å². The number of anilines is 1. The number of nitrogens with zero attached hydrogens (tertiary/aromatic N) is 2. The largest absolute Gasteiger partial charge is 0.487 e. The molecule has 102 valence electrons. The molecule has 0 spiro atoms. The molecule has 0 saturated heterocycles. The summed E-state index contributed by atoms with van der Waals surface area (Å²) in [5, 5.41) is 8.07. The van der Waals surface area contributed by atoms with Crippen LogP contribution in [0.3, 0.4) is 0 Å². The maximum atomic E-state index is 6.12. The first-order valence-corrected chi connectivity index (χ1v) is 6.98. The molecule has 0 fully saturated rings. The van der Waals surface area contributed by atoms with E-state index < -0.39 is 0 Å². The van der Waals surface area contributed by atoms with E-state index in [4.69, 9.17) is 16.3 Å². The summed E-state index contributed by atoms with van der Waals surface area (Å²) < 4.78 is 8.50. The van der Waals surface area contributed by atoms with Crippen molar-refractivity contribution in [3.63, 3.8) is 0 Å². The van der Waals surface area contributed by atoms with E-state index in [1.807, 2.05) is 39.2 Å². The highest BCUT2D eigenvalue weighted by molar-refractivity contribution is 9.10. The topological polar surface area (TPSA) is 39.1 Å². The van der Waals surface area contributed by atoms with Crippen molar-refractivity contribution in [1.82, 2.24) is 9.78 Å². The van der Waals surface area contributed by atoms with Gasteiger partial charge in [-0.1, -0.05) is 27.5 Å². The fourth-order valence-corrected chi connectivity index (χ4v) is 2.66. The molecule has 1 aromatic heterocycles. The fourth-order valence-electron chi connectivity index (χ4n) is 1.93. The Bertz CT molecular complexity index is 598. The zero-order chi connectivity index (χ0) is 14.0. The summed E-state index contributed by atoms with van der Waals surface area (Å²) >= 11 is 9.49. The van der Waals surface area contributed by atoms with E-state index in [2.05, 4.69) is 26.3 Å². The van der Waals surface area contributed by atoms with Gasteiger partial charge in [-0.2, -0.15) is 5.10 Å². The third kappa shape index (κ3) is 3.04. The van der Waals surface area contributed by atoms with Crippen LogP contribution < -0.4 is 10.1 Å². The van der Waals surface area contributed by atoms with Crippen molar-refractivity contribution in [3.05, 3.63) is 39.0 Å². The van der Waals surface area contributed by atoms with Gasteiger partial charge in [-0.3, -0.25) is 4.68 Å². The van der Waals surface area contributed by atoms with Gasteiger partial charge in [0.2, 0.25) is 0 Å². The molecule has 0 unspecified atom stereocenters. The third-order valence-electron chi connectivity index (χ3n) is 2.85. The van der Waals surface area contributed by atoms with E-state index in [-0.39, 0.29) is 0 Å². The second kappa shape index (κ2) is 5.84. The SMILES string of the molecule is CNc1c(COc2ccc(Br)cc2Cl)c(C)nn1C. The van der Waals surface area contributed by atoms with E-state index in [9.17, 15) is 0 Å². The van der Waals surface area contributed by atoms with Crippen molar-refractivity contribution in [2.45, 2.75) is 13.5 Å². The Kier molecular flexibility index (Phi) is 4.37. The van der Waals surface area contributed by atoms with Crippen molar-refractivity contribution in [1.29, 1.82) is 0 Å². The number of aryl methyl sites for hydroxylation is 2. The minimum Gasteiger partial charge on any atom is -0.487 e. The Hall–Kier alpha value is -1.20. The summed E-state index contributed by atoms with van der Waals surface area (Å²) in [7, 11) is 3.77. The minimum atomic E-state index is 0.428. The lowest BCUT2D eigenvalue weighted by atomic mass is 10.2. The summed E-state index contributed by atoms with van der Waals surface area (Å²) in [5.74, 6) is 1.61. The van der Waals surface area contributed by atoms with Gasteiger partial charge in [0.15, 0.2) is 0 Å². The molecule has 6 heteroatoms. The highest BCUT2D eigenvalue weighted by Gasteiger charge is 2.13. The molecule has 0 aliphatic rings.